The highest BCUT2D eigenvalue weighted by molar-refractivity contribution is 6.29. The molecule has 0 aliphatic carbocycles. The highest BCUT2D eigenvalue weighted by Crippen LogP contribution is 2.31. The van der Waals surface area contributed by atoms with E-state index in [1.165, 1.54) is 25.3 Å². The SMILES string of the molecule is COc1cc([N+](=O)[O-])ccc1OCc1ccc(Cl)nn1. The van der Waals surface area contributed by atoms with Crippen molar-refractivity contribution in [1.82, 2.24) is 10.2 Å². The minimum Gasteiger partial charge on any atom is -0.493 e. The molecule has 0 spiro atoms. The van der Waals surface area contributed by atoms with E-state index in [1.807, 2.05) is 0 Å². The third-order valence-corrected chi connectivity index (χ3v) is 2.62. The maximum absolute atomic E-state index is 10.7. The van der Waals surface area contributed by atoms with E-state index >= 15 is 0 Å². The molecule has 0 unspecified atom stereocenters. The topological polar surface area (TPSA) is 87.4 Å². The Labute approximate surface area is 119 Å². The summed E-state index contributed by atoms with van der Waals surface area (Å²) in [6, 6.07) is 7.38. The van der Waals surface area contributed by atoms with E-state index in [0.717, 1.165) is 0 Å². The average molecular weight is 296 g/mol. The summed E-state index contributed by atoms with van der Waals surface area (Å²) in [5.41, 5.74) is 0.510. The average Bonchev–Trinajstić information content (AvgIpc) is 2.46. The largest absolute Gasteiger partial charge is 0.493 e. The maximum Gasteiger partial charge on any atom is 0.273 e. The molecule has 1 aromatic heterocycles. The monoisotopic (exact) mass is 295 g/mol. The van der Waals surface area contributed by atoms with E-state index in [9.17, 15) is 10.1 Å². The van der Waals surface area contributed by atoms with Crippen molar-refractivity contribution >= 4 is 17.3 Å². The first-order valence-corrected chi connectivity index (χ1v) is 5.91. The van der Waals surface area contributed by atoms with Gasteiger partial charge in [0, 0.05) is 6.07 Å². The van der Waals surface area contributed by atoms with E-state index in [4.69, 9.17) is 21.1 Å². The molecule has 0 radical (unpaired) electrons. The Bertz CT molecular complexity index is 619. The number of ether oxygens (including phenoxy) is 2. The molecule has 0 saturated heterocycles. The number of nitrogens with zero attached hydrogens (tertiary/aromatic N) is 3. The zero-order valence-electron chi connectivity index (χ0n) is 10.4. The van der Waals surface area contributed by atoms with E-state index < -0.39 is 4.92 Å². The molecule has 2 rings (SSSR count). The van der Waals surface area contributed by atoms with Crippen LogP contribution in [0, 0.1) is 10.1 Å². The molecule has 0 aliphatic rings. The predicted octanol–water partition coefficient (Wildman–Crippen LogP) is 2.63. The van der Waals surface area contributed by atoms with Gasteiger partial charge in [0.15, 0.2) is 16.7 Å². The highest BCUT2D eigenvalue weighted by Gasteiger charge is 2.12. The molecule has 0 aliphatic heterocycles. The van der Waals surface area contributed by atoms with Gasteiger partial charge in [0.2, 0.25) is 0 Å². The van der Waals surface area contributed by atoms with Crippen LogP contribution in [0.3, 0.4) is 0 Å². The second-order valence-electron chi connectivity index (χ2n) is 3.73. The molecule has 0 atom stereocenters. The van der Waals surface area contributed by atoms with Gasteiger partial charge in [-0.3, -0.25) is 10.1 Å². The van der Waals surface area contributed by atoms with Crippen molar-refractivity contribution in [3.05, 3.63) is 51.3 Å². The van der Waals surface area contributed by atoms with Gasteiger partial charge in [0.25, 0.3) is 5.69 Å². The van der Waals surface area contributed by atoms with Crippen molar-refractivity contribution in [1.29, 1.82) is 0 Å². The molecule has 2 aromatic rings. The van der Waals surface area contributed by atoms with Gasteiger partial charge in [-0.2, -0.15) is 5.10 Å². The number of nitro benzene ring substituents is 1. The summed E-state index contributed by atoms with van der Waals surface area (Å²) in [5.74, 6) is 0.663. The first-order chi connectivity index (χ1) is 9.60. The minimum atomic E-state index is -0.503. The van der Waals surface area contributed by atoms with Gasteiger partial charge in [-0.25, -0.2) is 0 Å². The fraction of sp³-hybridized carbons (Fsp3) is 0.167. The number of methoxy groups -OCH3 is 1. The number of halogens is 1. The van der Waals surface area contributed by atoms with Crippen molar-refractivity contribution in [2.45, 2.75) is 6.61 Å². The number of hydrogen-bond acceptors (Lipinski definition) is 6. The zero-order chi connectivity index (χ0) is 14.5. The molecule has 104 valence electrons. The summed E-state index contributed by atoms with van der Waals surface area (Å²) in [4.78, 5) is 10.2. The van der Waals surface area contributed by atoms with Crippen molar-refractivity contribution in [2.75, 3.05) is 7.11 Å². The smallest absolute Gasteiger partial charge is 0.273 e. The van der Waals surface area contributed by atoms with Crippen molar-refractivity contribution < 1.29 is 14.4 Å². The number of benzene rings is 1. The van der Waals surface area contributed by atoms with E-state index in [0.29, 0.717) is 16.6 Å². The summed E-state index contributed by atoms with van der Waals surface area (Å²) in [5, 5.41) is 18.5. The Morgan fingerprint density at radius 2 is 2.05 bits per heavy atom. The lowest BCUT2D eigenvalue weighted by Gasteiger charge is -2.09. The minimum absolute atomic E-state index is 0.0690. The Kier molecular flexibility index (Phi) is 4.31. The molecular formula is C12H10ClN3O4. The van der Waals surface area contributed by atoms with Crippen molar-refractivity contribution in [3.8, 4) is 11.5 Å². The van der Waals surface area contributed by atoms with E-state index in [-0.39, 0.29) is 18.0 Å². The fourth-order valence-corrected chi connectivity index (χ4v) is 1.56. The Hall–Kier alpha value is -2.41. The molecule has 7 nitrogen and oxygen atoms in total. The van der Waals surface area contributed by atoms with Crippen LogP contribution in [0.1, 0.15) is 5.69 Å². The predicted molar refractivity (Wildman–Crippen MR) is 71.0 cm³/mol. The van der Waals surface area contributed by atoms with Crippen LogP contribution in [0.5, 0.6) is 11.5 Å². The van der Waals surface area contributed by atoms with Crippen LogP contribution >= 0.6 is 11.6 Å². The number of hydrogen-bond donors (Lipinski definition) is 0. The van der Waals surface area contributed by atoms with Gasteiger partial charge < -0.3 is 9.47 Å². The molecule has 0 N–H and O–H groups in total. The highest BCUT2D eigenvalue weighted by atomic mass is 35.5. The molecular weight excluding hydrogens is 286 g/mol. The molecule has 0 bridgehead atoms. The molecule has 0 fully saturated rings. The van der Waals surface area contributed by atoms with Gasteiger partial charge in [-0.15, -0.1) is 5.10 Å². The van der Waals surface area contributed by atoms with Gasteiger partial charge in [0.05, 0.1) is 18.1 Å². The second kappa shape index (κ2) is 6.16. The molecule has 20 heavy (non-hydrogen) atoms. The van der Waals surface area contributed by atoms with Crippen molar-refractivity contribution in [2.24, 2.45) is 0 Å². The normalized spacial score (nSPS) is 10.1. The Morgan fingerprint density at radius 3 is 2.65 bits per heavy atom. The number of non-ortho nitro benzene ring substituents is 1. The Balaban J connectivity index is 2.12. The molecule has 0 amide bonds. The van der Waals surface area contributed by atoms with Crippen LogP contribution in [0.4, 0.5) is 5.69 Å². The zero-order valence-corrected chi connectivity index (χ0v) is 11.2. The number of nitro groups is 1. The Morgan fingerprint density at radius 1 is 1.25 bits per heavy atom. The summed E-state index contributed by atoms with van der Waals surface area (Å²) < 4.78 is 10.6. The standard InChI is InChI=1S/C12H10ClN3O4/c1-19-11-6-9(16(17)18)3-4-10(11)20-7-8-2-5-12(13)15-14-8/h2-6H,7H2,1H3. The number of aromatic nitrogens is 2. The van der Waals surface area contributed by atoms with Crippen LogP contribution in [-0.4, -0.2) is 22.2 Å². The van der Waals surface area contributed by atoms with Crippen LogP contribution in [0.15, 0.2) is 30.3 Å². The molecule has 1 heterocycles. The second-order valence-corrected chi connectivity index (χ2v) is 4.12. The first kappa shape index (κ1) is 14.0. The summed E-state index contributed by atoms with van der Waals surface area (Å²) in [6.45, 7) is 0.151. The van der Waals surface area contributed by atoms with Gasteiger partial charge in [-0.1, -0.05) is 11.6 Å². The van der Waals surface area contributed by atoms with E-state index in [1.54, 1.807) is 12.1 Å². The molecule has 8 heteroatoms. The van der Waals surface area contributed by atoms with Crippen LogP contribution < -0.4 is 9.47 Å². The summed E-state index contributed by atoms with van der Waals surface area (Å²) >= 11 is 5.63. The van der Waals surface area contributed by atoms with Gasteiger partial charge >= 0.3 is 0 Å². The lowest BCUT2D eigenvalue weighted by Crippen LogP contribution is -2.01. The quantitative estimate of drug-likeness (QED) is 0.622. The van der Waals surface area contributed by atoms with E-state index in [2.05, 4.69) is 10.2 Å². The summed E-state index contributed by atoms with van der Waals surface area (Å²) in [6.07, 6.45) is 0. The first-order valence-electron chi connectivity index (χ1n) is 5.53. The molecule has 1 aromatic carbocycles. The van der Waals surface area contributed by atoms with Gasteiger partial charge in [-0.05, 0) is 18.2 Å². The third-order valence-electron chi connectivity index (χ3n) is 2.42. The van der Waals surface area contributed by atoms with Crippen molar-refractivity contribution in [3.63, 3.8) is 0 Å². The van der Waals surface area contributed by atoms with Crippen LogP contribution in [0.2, 0.25) is 5.15 Å². The number of rotatable bonds is 5. The fourth-order valence-electron chi connectivity index (χ4n) is 1.46. The van der Waals surface area contributed by atoms with Crippen LogP contribution in [-0.2, 0) is 6.61 Å². The lowest BCUT2D eigenvalue weighted by molar-refractivity contribution is -0.385. The summed E-state index contributed by atoms with van der Waals surface area (Å²) in [7, 11) is 1.41. The maximum atomic E-state index is 10.7. The molecule has 0 saturated carbocycles. The van der Waals surface area contributed by atoms with Gasteiger partial charge in [0.1, 0.15) is 12.3 Å². The lowest BCUT2D eigenvalue weighted by atomic mass is 10.3. The van der Waals surface area contributed by atoms with Crippen LogP contribution in [0.25, 0.3) is 0 Å². The third kappa shape index (κ3) is 3.33.